The van der Waals surface area contributed by atoms with Crippen LogP contribution < -0.4 is 10.2 Å². The fourth-order valence-electron chi connectivity index (χ4n) is 2.69. The van der Waals surface area contributed by atoms with Gasteiger partial charge in [-0.05, 0) is 58.5 Å². The summed E-state index contributed by atoms with van der Waals surface area (Å²) in [5.41, 5.74) is 4.28. The van der Waals surface area contributed by atoms with Crippen molar-refractivity contribution in [2.45, 2.75) is 6.61 Å². The van der Waals surface area contributed by atoms with E-state index in [1.165, 1.54) is 0 Å². The second-order valence-corrected chi connectivity index (χ2v) is 8.40. The van der Waals surface area contributed by atoms with Gasteiger partial charge in [-0.2, -0.15) is 5.10 Å². The maximum absolute atomic E-state index is 11.9. The molecule has 1 heterocycles. The molecule has 29 heavy (non-hydrogen) atoms. The third-order valence-corrected chi connectivity index (χ3v) is 5.66. The van der Waals surface area contributed by atoms with Crippen LogP contribution in [-0.2, 0) is 16.1 Å². The second kappa shape index (κ2) is 11.1. The summed E-state index contributed by atoms with van der Waals surface area (Å²) in [6, 6.07) is 11.0. The van der Waals surface area contributed by atoms with Gasteiger partial charge in [0.1, 0.15) is 12.4 Å². The summed E-state index contributed by atoms with van der Waals surface area (Å²) in [5.74, 6) is 0.600. The van der Waals surface area contributed by atoms with Gasteiger partial charge in [0, 0.05) is 28.7 Å². The highest BCUT2D eigenvalue weighted by molar-refractivity contribution is 14.1. The van der Waals surface area contributed by atoms with Crippen molar-refractivity contribution >= 4 is 57.9 Å². The number of halogens is 3. The van der Waals surface area contributed by atoms with Crippen LogP contribution in [0.25, 0.3) is 0 Å². The van der Waals surface area contributed by atoms with E-state index in [2.05, 4.69) is 33.1 Å². The molecule has 154 valence electrons. The molecule has 0 unspecified atom stereocenters. The lowest BCUT2D eigenvalue weighted by Crippen LogP contribution is -2.42. The zero-order valence-electron chi connectivity index (χ0n) is 15.5. The maximum Gasteiger partial charge on any atom is 0.254 e. The Morgan fingerprint density at radius 3 is 2.76 bits per heavy atom. The second-order valence-electron chi connectivity index (χ2n) is 6.40. The van der Waals surface area contributed by atoms with Crippen molar-refractivity contribution in [1.29, 1.82) is 0 Å². The van der Waals surface area contributed by atoms with Crippen molar-refractivity contribution in [1.82, 2.24) is 10.3 Å². The van der Waals surface area contributed by atoms with E-state index in [4.69, 9.17) is 32.7 Å². The quantitative estimate of drug-likeness (QED) is 0.324. The van der Waals surface area contributed by atoms with Gasteiger partial charge in [-0.25, -0.2) is 5.43 Å². The Morgan fingerprint density at radius 1 is 1.24 bits per heavy atom. The van der Waals surface area contributed by atoms with E-state index < -0.39 is 0 Å². The van der Waals surface area contributed by atoms with Crippen molar-refractivity contribution in [3.05, 3.63) is 61.1 Å². The number of nitrogens with one attached hydrogen (secondary N) is 1. The number of carbonyl (C=O) groups excluding carboxylic acids is 1. The van der Waals surface area contributed by atoms with Crippen LogP contribution in [0.1, 0.15) is 11.1 Å². The van der Waals surface area contributed by atoms with Crippen molar-refractivity contribution in [2.24, 2.45) is 5.10 Å². The molecule has 1 saturated heterocycles. The molecule has 1 fully saturated rings. The van der Waals surface area contributed by atoms with Crippen LogP contribution >= 0.6 is 45.8 Å². The highest BCUT2D eigenvalue weighted by Gasteiger charge is 2.13. The molecule has 0 aliphatic carbocycles. The minimum atomic E-state index is -0.141. The van der Waals surface area contributed by atoms with Crippen LogP contribution in [0.2, 0.25) is 10.0 Å². The summed E-state index contributed by atoms with van der Waals surface area (Å²) < 4.78 is 12.1. The van der Waals surface area contributed by atoms with Crippen LogP contribution in [0.4, 0.5) is 0 Å². The number of hydrazone groups is 1. The number of amides is 1. The Kier molecular flexibility index (Phi) is 8.55. The molecule has 3 rings (SSSR count). The van der Waals surface area contributed by atoms with E-state index in [1.807, 2.05) is 29.2 Å². The maximum atomic E-state index is 11.9. The largest absolute Gasteiger partial charge is 0.488 e. The van der Waals surface area contributed by atoms with Crippen LogP contribution in [0.5, 0.6) is 5.75 Å². The third-order valence-electron chi connectivity index (χ3n) is 4.23. The zero-order chi connectivity index (χ0) is 20.6. The lowest BCUT2D eigenvalue weighted by molar-refractivity contribution is -0.123. The summed E-state index contributed by atoms with van der Waals surface area (Å²) >= 11 is 14.3. The van der Waals surface area contributed by atoms with Crippen molar-refractivity contribution in [3.8, 4) is 5.75 Å². The molecule has 0 aromatic heterocycles. The Balaban J connectivity index is 1.50. The lowest BCUT2D eigenvalue weighted by atomic mass is 10.2. The van der Waals surface area contributed by atoms with Crippen LogP contribution in [-0.4, -0.2) is 49.9 Å². The fraction of sp³-hybridized carbons (Fsp3) is 0.300. The number of benzene rings is 2. The molecule has 1 aliphatic rings. The molecule has 9 heteroatoms. The first-order chi connectivity index (χ1) is 14.0. The monoisotopic (exact) mass is 547 g/mol. The van der Waals surface area contributed by atoms with Crippen LogP contribution in [0.15, 0.2) is 41.5 Å². The molecular weight excluding hydrogens is 528 g/mol. The van der Waals surface area contributed by atoms with Gasteiger partial charge in [0.05, 0.1) is 29.5 Å². The van der Waals surface area contributed by atoms with Gasteiger partial charge in [0.25, 0.3) is 5.91 Å². The number of rotatable bonds is 7. The highest BCUT2D eigenvalue weighted by atomic mass is 127. The number of carbonyl (C=O) groups is 1. The van der Waals surface area contributed by atoms with Crippen LogP contribution in [0.3, 0.4) is 0 Å². The van der Waals surface area contributed by atoms with Gasteiger partial charge in [-0.3, -0.25) is 9.69 Å². The van der Waals surface area contributed by atoms with E-state index in [0.29, 0.717) is 36.4 Å². The summed E-state index contributed by atoms with van der Waals surface area (Å²) in [7, 11) is 0. The van der Waals surface area contributed by atoms with Gasteiger partial charge in [-0.1, -0.05) is 29.3 Å². The van der Waals surface area contributed by atoms with Gasteiger partial charge >= 0.3 is 0 Å². The minimum absolute atomic E-state index is 0.141. The van der Waals surface area contributed by atoms with Crippen LogP contribution in [0, 0.1) is 3.57 Å². The molecular formula is C20H20Cl2IN3O3. The highest BCUT2D eigenvalue weighted by Crippen LogP contribution is 2.25. The standard InChI is InChI=1S/C20H20Cl2IN3O3/c21-16-3-2-15(17(22)10-16)13-29-19-4-1-14(9-18(19)23)11-24-25-20(27)12-26-5-7-28-8-6-26/h1-4,9-11H,5-8,12-13H2,(H,25,27)/b24-11+. The number of hydrogen-bond donors (Lipinski definition) is 1. The molecule has 6 nitrogen and oxygen atoms in total. The van der Waals surface area contributed by atoms with Gasteiger partial charge in [0.2, 0.25) is 0 Å². The van der Waals surface area contributed by atoms with E-state index in [9.17, 15) is 4.79 Å². The van der Waals surface area contributed by atoms with Crippen molar-refractivity contribution in [3.63, 3.8) is 0 Å². The Morgan fingerprint density at radius 2 is 2.03 bits per heavy atom. The Labute approximate surface area is 193 Å². The first-order valence-corrected chi connectivity index (χ1v) is 10.8. The molecule has 2 aromatic rings. The number of ether oxygens (including phenoxy) is 2. The summed E-state index contributed by atoms with van der Waals surface area (Å²) in [5, 5.41) is 5.20. The molecule has 2 aromatic carbocycles. The zero-order valence-corrected chi connectivity index (χ0v) is 19.2. The molecule has 0 radical (unpaired) electrons. The number of nitrogens with zero attached hydrogens (tertiary/aromatic N) is 2. The Hall–Kier alpha value is -1.39. The van der Waals surface area contributed by atoms with Gasteiger partial charge < -0.3 is 9.47 Å². The third kappa shape index (κ3) is 7.11. The predicted octanol–water partition coefficient (Wildman–Crippen LogP) is 3.96. The molecule has 0 spiro atoms. The lowest BCUT2D eigenvalue weighted by Gasteiger charge is -2.25. The van der Waals surface area contributed by atoms with E-state index >= 15 is 0 Å². The molecule has 0 saturated carbocycles. The van der Waals surface area contributed by atoms with Crippen molar-refractivity contribution < 1.29 is 14.3 Å². The average Bonchev–Trinajstić information content (AvgIpc) is 2.69. The molecule has 0 atom stereocenters. The molecule has 0 bridgehead atoms. The topological polar surface area (TPSA) is 63.2 Å². The molecule has 1 aliphatic heterocycles. The average molecular weight is 548 g/mol. The van der Waals surface area contributed by atoms with E-state index in [0.717, 1.165) is 33.5 Å². The minimum Gasteiger partial charge on any atom is -0.488 e. The first kappa shape index (κ1) is 22.3. The van der Waals surface area contributed by atoms with Gasteiger partial charge in [0.15, 0.2) is 0 Å². The predicted molar refractivity (Wildman–Crippen MR) is 123 cm³/mol. The fourth-order valence-corrected chi connectivity index (χ4v) is 3.84. The SMILES string of the molecule is O=C(CN1CCOCC1)N/N=C/c1ccc(OCc2ccc(Cl)cc2Cl)c(I)c1. The first-order valence-electron chi connectivity index (χ1n) is 8.99. The summed E-state index contributed by atoms with van der Waals surface area (Å²) in [6.07, 6.45) is 1.61. The van der Waals surface area contributed by atoms with E-state index in [-0.39, 0.29) is 5.91 Å². The Bertz CT molecular complexity index is 889. The van der Waals surface area contributed by atoms with E-state index in [1.54, 1.807) is 18.3 Å². The molecule has 1 amide bonds. The smallest absolute Gasteiger partial charge is 0.254 e. The van der Waals surface area contributed by atoms with Gasteiger partial charge in [-0.15, -0.1) is 0 Å². The number of hydrogen-bond acceptors (Lipinski definition) is 5. The summed E-state index contributed by atoms with van der Waals surface area (Å²) in [6.45, 7) is 3.51. The van der Waals surface area contributed by atoms with Crippen molar-refractivity contribution in [2.75, 3.05) is 32.8 Å². The molecule has 1 N–H and O–H groups in total. The number of morpholine rings is 1. The normalized spacial score (nSPS) is 14.9. The summed E-state index contributed by atoms with van der Waals surface area (Å²) in [4.78, 5) is 14.0.